The first-order chi connectivity index (χ1) is 9.10. The first-order valence-corrected chi connectivity index (χ1v) is 8.79. The Morgan fingerprint density at radius 2 is 1.47 bits per heavy atom. The van der Waals surface area contributed by atoms with E-state index >= 15 is 0 Å². The maximum Gasteiger partial charge on any atom is 0.0645 e. The van der Waals surface area contributed by atoms with Crippen LogP contribution in [-0.2, 0) is 6.42 Å². The van der Waals surface area contributed by atoms with Gasteiger partial charge < -0.3 is 0 Å². The van der Waals surface area contributed by atoms with Crippen molar-refractivity contribution in [2.45, 2.75) is 24.6 Å². The Morgan fingerprint density at radius 1 is 0.895 bits per heavy atom. The molecule has 0 saturated heterocycles. The van der Waals surface area contributed by atoms with Crippen molar-refractivity contribution in [3.05, 3.63) is 68.1 Å². The van der Waals surface area contributed by atoms with Gasteiger partial charge >= 0.3 is 0 Å². The van der Waals surface area contributed by atoms with Crippen LogP contribution in [0.2, 0.25) is 0 Å². The molecule has 2 aromatic carbocycles. The van der Waals surface area contributed by atoms with E-state index in [1.165, 1.54) is 23.1 Å². The zero-order valence-electron chi connectivity index (χ0n) is 10.7. The van der Waals surface area contributed by atoms with Crippen LogP contribution < -0.4 is 0 Å². The Morgan fingerprint density at radius 3 is 2.00 bits per heavy atom. The zero-order valence-corrected chi connectivity index (χ0v) is 15.4. The Kier molecular flexibility index (Phi) is 5.67. The van der Waals surface area contributed by atoms with Crippen molar-refractivity contribution >= 4 is 47.8 Å². The highest BCUT2D eigenvalue weighted by molar-refractivity contribution is 9.11. The van der Waals surface area contributed by atoms with Gasteiger partial charge in [-0.25, -0.2) is 0 Å². The number of aryl methyl sites for hydroxylation is 1. The SMILES string of the molecule is CCCc1ccc(C(Br)c2cc(Br)cc(Br)c2)cc1. The van der Waals surface area contributed by atoms with Crippen LogP contribution in [-0.4, -0.2) is 0 Å². The van der Waals surface area contributed by atoms with Crippen molar-refractivity contribution in [2.75, 3.05) is 0 Å². The lowest BCUT2D eigenvalue weighted by atomic mass is 10.0. The van der Waals surface area contributed by atoms with Crippen LogP contribution in [0.3, 0.4) is 0 Å². The lowest BCUT2D eigenvalue weighted by Crippen LogP contribution is -1.94. The molecule has 100 valence electrons. The molecule has 19 heavy (non-hydrogen) atoms. The molecule has 0 amide bonds. The van der Waals surface area contributed by atoms with Crippen molar-refractivity contribution in [3.63, 3.8) is 0 Å². The summed E-state index contributed by atoms with van der Waals surface area (Å²) in [4.78, 5) is 0.219. The van der Waals surface area contributed by atoms with Gasteiger partial charge in [0.1, 0.15) is 0 Å². The third-order valence-electron chi connectivity index (χ3n) is 2.99. The van der Waals surface area contributed by atoms with Crippen LogP contribution in [0.15, 0.2) is 51.4 Å². The van der Waals surface area contributed by atoms with Gasteiger partial charge in [-0.2, -0.15) is 0 Å². The summed E-state index contributed by atoms with van der Waals surface area (Å²) in [6, 6.07) is 15.2. The highest BCUT2D eigenvalue weighted by Crippen LogP contribution is 2.34. The normalized spacial score (nSPS) is 12.4. The number of benzene rings is 2. The molecule has 0 spiro atoms. The van der Waals surface area contributed by atoms with Crippen molar-refractivity contribution in [2.24, 2.45) is 0 Å². The van der Waals surface area contributed by atoms with E-state index in [0.29, 0.717) is 0 Å². The van der Waals surface area contributed by atoms with E-state index in [1.807, 2.05) is 6.07 Å². The average Bonchev–Trinajstić information content (AvgIpc) is 2.38. The van der Waals surface area contributed by atoms with Gasteiger partial charge in [0.05, 0.1) is 4.83 Å². The second kappa shape index (κ2) is 7.05. The first kappa shape index (κ1) is 15.3. The molecule has 3 heteroatoms. The predicted octanol–water partition coefficient (Wildman–Crippen LogP) is 6.65. The molecular weight excluding hydrogens is 432 g/mol. The summed E-state index contributed by atoms with van der Waals surface area (Å²) in [5.74, 6) is 0. The maximum absolute atomic E-state index is 3.78. The third kappa shape index (κ3) is 4.17. The van der Waals surface area contributed by atoms with Crippen molar-refractivity contribution < 1.29 is 0 Å². The number of alkyl halides is 1. The molecule has 0 bridgehead atoms. The fourth-order valence-electron chi connectivity index (χ4n) is 2.06. The minimum Gasteiger partial charge on any atom is -0.0786 e. The summed E-state index contributed by atoms with van der Waals surface area (Å²) in [6.07, 6.45) is 2.34. The van der Waals surface area contributed by atoms with Crippen LogP contribution in [0.5, 0.6) is 0 Å². The van der Waals surface area contributed by atoms with Crippen LogP contribution in [0.1, 0.15) is 34.9 Å². The quantitative estimate of drug-likeness (QED) is 0.461. The molecule has 1 unspecified atom stereocenters. The maximum atomic E-state index is 3.78. The van der Waals surface area contributed by atoms with E-state index in [9.17, 15) is 0 Å². The minimum absolute atomic E-state index is 0.219. The summed E-state index contributed by atoms with van der Waals surface area (Å²) >= 11 is 10.9. The predicted molar refractivity (Wildman–Crippen MR) is 93.0 cm³/mol. The molecular formula is C16H15Br3. The monoisotopic (exact) mass is 444 g/mol. The highest BCUT2D eigenvalue weighted by atomic mass is 79.9. The number of hydrogen-bond donors (Lipinski definition) is 0. The number of rotatable bonds is 4. The molecule has 0 aliphatic carbocycles. The molecule has 0 nitrogen and oxygen atoms in total. The van der Waals surface area contributed by atoms with Gasteiger partial charge in [0.15, 0.2) is 0 Å². The van der Waals surface area contributed by atoms with E-state index in [1.54, 1.807) is 0 Å². The fourth-order valence-corrected chi connectivity index (χ4v) is 3.95. The van der Waals surface area contributed by atoms with Crippen LogP contribution in [0.4, 0.5) is 0 Å². The second-order valence-electron chi connectivity index (χ2n) is 4.56. The van der Waals surface area contributed by atoms with Gasteiger partial charge in [0, 0.05) is 8.95 Å². The molecule has 2 rings (SSSR count). The van der Waals surface area contributed by atoms with Gasteiger partial charge in [-0.15, -0.1) is 0 Å². The molecule has 0 N–H and O–H groups in total. The number of halogens is 3. The standard InChI is InChI=1S/C16H15Br3/c1-2-3-11-4-6-12(7-5-11)16(19)13-8-14(17)10-15(18)9-13/h4-10,16H,2-3H2,1H3. The smallest absolute Gasteiger partial charge is 0.0645 e. The Hall–Kier alpha value is -0.120. The molecule has 0 aromatic heterocycles. The van der Waals surface area contributed by atoms with Gasteiger partial charge in [-0.1, -0.05) is 85.4 Å². The zero-order chi connectivity index (χ0) is 13.8. The topological polar surface area (TPSA) is 0 Å². The summed E-state index contributed by atoms with van der Waals surface area (Å²) < 4.78 is 2.17. The molecule has 2 aromatic rings. The van der Waals surface area contributed by atoms with Crippen LogP contribution in [0, 0.1) is 0 Å². The second-order valence-corrected chi connectivity index (χ2v) is 7.30. The first-order valence-electron chi connectivity index (χ1n) is 6.29. The van der Waals surface area contributed by atoms with E-state index in [4.69, 9.17) is 0 Å². The lowest BCUT2D eigenvalue weighted by molar-refractivity contribution is 0.920. The van der Waals surface area contributed by atoms with E-state index in [2.05, 4.69) is 91.1 Å². The van der Waals surface area contributed by atoms with Crippen molar-refractivity contribution in [3.8, 4) is 0 Å². The summed E-state index contributed by atoms with van der Waals surface area (Å²) in [5, 5.41) is 0. The van der Waals surface area contributed by atoms with E-state index in [-0.39, 0.29) is 4.83 Å². The lowest BCUT2D eigenvalue weighted by Gasteiger charge is -2.12. The van der Waals surface area contributed by atoms with Gasteiger partial charge in [-0.05, 0) is 41.3 Å². The van der Waals surface area contributed by atoms with Crippen LogP contribution >= 0.6 is 47.8 Å². The largest absolute Gasteiger partial charge is 0.0786 e. The van der Waals surface area contributed by atoms with Gasteiger partial charge in [0.25, 0.3) is 0 Å². The average molecular weight is 447 g/mol. The van der Waals surface area contributed by atoms with Crippen LogP contribution in [0.25, 0.3) is 0 Å². The Labute approximate surface area is 140 Å². The molecule has 0 radical (unpaired) electrons. The molecule has 0 aliphatic rings. The summed E-state index contributed by atoms with van der Waals surface area (Å²) in [6.45, 7) is 2.21. The van der Waals surface area contributed by atoms with Crippen molar-refractivity contribution in [1.82, 2.24) is 0 Å². The molecule has 0 fully saturated rings. The molecule has 1 atom stereocenters. The van der Waals surface area contributed by atoms with Gasteiger partial charge in [-0.3, -0.25) is 0 Å². The third-order valence-corrected chi connectivity index (χ3v) is 4.96. The number of hydrogen-bond acceptors (Lipinski definition) is 0. The van der Waals surface area contributed by atoms with E-state index < -0.39 is 0 Å². The molecule has 0 heterocycles. The van der Waals surface area contributed by atoms with Crippen molar-refractivity contribution in [1.29, 1.82) is 0 Å². The Balaban J connectivity index is 2.25. The highest BCUT2D eigenvalue weighted by Gasteiger charge is 2.11. The minimum atomic E-state index is 0.219. The summed E-state index contributed by atoms with van der Waals surface area (Å²) in [5.41, 5.74) is 3.93. The Bertz CT molecular complexity index is 526. The molecule has 0 saturated carbocycles. The van der Waals surface area contributed by atoms with E-state index in [0.717, 1.165) is 15.4 Å². The molecule has 0 aliphatic heterocycles. The summed E-state index contributed by atoms with van der Waals surface area (Å²) in [7, 11) is 0. The van der Waals surface area contributed by atoms with Gasteiger partial charge in [0.2, 0.25) is 0 Å². The fraction of sp³-hybridized carbons (Fsp3) is 0.250.